The van der Waals surface area contributed by atoms with Crippen LogP contribution >= 0.6 is 11.3 Å². The van der Waals surface area contributed by atoms with E-state index in [2.05, 4.69) is 182 Å². The van der Waals surface area contributed by atoms with Crippen LogP contribution in [-0.2, 0) is 0 Å². The Kier molecular flexibility index (Phi) is 6.49. The van der Waals surface area contributed by atoms with Crippen LogP contribution in [0.5, 0.6) is 0 Å². The van der Waals surface area contributed by atoms with Crippen molar-refractivity contribution in [1.82, 2.24) is 0 Å². The van der Waals surface area contributed by atoms with Crippen LogP contribution in [0.4, 0.5) is 0 Å². The van der Waals surface area contributed by atoms with Gasteiger partial charge in [-0.25, -0.2) is 0 Å². The van der Waals surface area contributed by atoms with E-state index in [1.54, 1.807) is 0 Å². The van der Waals surface area contributed by atoms with Gasteiger partial charge in [0, 0.05) is 42.2 Å². The average Bonchev–Trinajstić information content (AvgIpc) is 3.77. The van der Waals surface area contributed by atoms with Gasteiger partial charge in [0.25, 0.3) is 0 Å². The highest BCUT2D eigenvalue weighted by Crippen LogP contribution is 2.50. The molecule has 0 atom stereocenters. The van der Waals surface area contributed by atoms with E-state index in [-0.39, 0.29) is 0 Å². The Balaban J connectivity index is 1.20. The molecule has 11 aromatic rings. The molecule has 0 radical (unpaired) electrons. The molecule has 0 bridgehead atoms. The van der Waals surface area contributed by atoms with Crippen LogP contribution in [0.15, 0.2) is 186 Å². The van der Waals surface area contributed by atoms with Gasteiger partial charge in [0.2, 0.25) is 0 Å². The summed E-state index contributed by atoms with van der Waals surface area (Å²) in [5, 5.41) is 11.3. The van der Waals surface area contributed by atoms with Crippen molar-refractivity contribution in [2.45, 2.75) is 0 Å². The molecule has 2 heteroatoms. The Labute approximate surface area is 304 Å². The van der Waals surface area contributed by atoms with E-state index in [0.717, 1.165) is 33.4 Å². The fraction of sp³-hybridized carbons (Fsp3) is 0. The highest BCUT2D eigenvalue weighted by Gasteiger charge is 2.23. The maximum absolute atomic E-state index is 6.77. The molecule has 9 aromatic carbocycles. The molecule has 0 saturated carbocycles. The minimum absolute atomic E-state index is 0.911. The Morgan fingerprint density at radius 1 is 0.346 bits per heavy atom. The first-order chi connectivity index (χ1) is 25.8. The van der Waals surface area contributed by atoms with Crippen LogP contribution in [0.25, 0.3) is 108 Å². The van der Waals surface area contributed by atoms with Gasteiger partial charge >= 0.3 is 0 Å². The Morgan fingerprint density at radius 2 is 0.865 bits per heavy atom. The van der Waals surface area contributed by atoms with E-state index in [9.17, 15) is 0 Å². The highest BCUT2D eigenvalue weighted by molar-refractivity contribution is 7.26. The summed E-state index contributed by atoms with van der Waals surface area (Å²) in [6, 6.07) is 66.0. The van der Waals surface area contributed by atoms with E-state index in [1.807, 2.05) is 11.3 Å². The first kappa shape index (κ1) is 29.3. The van der Waals surface area contributed by atoms with Crippen LogP contribution < -0.4 is 0 Å². The molecule has 0 fully saturated rings. The molecule has 2 aromatic heterocycles. The lowest BCUT2D eigenvalue weighted by Gasteiger charge is -2.19. The second kappa shape index (κ2) is 11.5. The van der Waals surface area contributed by atoms with Crippen LogP contribution in [0.2, 0.25) is 0 Å². The first-order valence-electron chi connectivity index (χ1n) is 17.8. The summed E-state index contributed by atoms with van der Waals surface area (Å²) in [6.07, 6.45) is 0. The lowest BCUT2D eigenvalue weighted by Crippen LogP contribution is -1.91. The van der Waals surface area contributed by atoms with Gasteiger partial charge < -0.3 is 4.42 Å². The minimum Gasteiger partial charge on any atom is -0.455 e. The predicted octanol–water partition coefficient (Wildman–Crippen LogP) is 14.9. The minimum atomic E-state index is 0.911. The van der Waals surface area contributed by atoms with Gasteiger partial charge in [-0.1, -0.05) is 170 Å². The molecule has 1 nitrogen and oxygen atoms in total. The summed E-state index contributed by atoms with van der Waals surface area (Å²) in [7, 11) is 0. The third-order valence-electron chi connectivity index (χ3n) is 10.7. The number of benzene rings is 9. The average molecular weight is 679 g/mol. The zero-order valence-electron chi connectivity index (χ0n) is 28.1. The van der Waals surface area contributed by atoms with Crippen LogP contribution in [-0.4, -0.2) is 0 Å². The van der Waals surface area contributed by atoms with E-state index in [0.29, 0.717) is 0 Å². The van der Waals surface area contributed by atoms with Gasteiger partial charge in [-0.05, 0) is 66.7 Å². The van der Waals surface area contributed by atoms with Gasteiger partial charge in [0.1, 0.15) is 11.3 Å². The molecule has 0 saturated heterocycles. The van der Waals surface area contributed by atoms with Gasteiger partial charge in [0.15, 0.2) is 0 Å². The molecule has 0 unspecified atom stereocenters. The number of fused-ring (bicyclic) bond motifs is 7. The molecule has 0 spiro atoms. The summed E-state index contributed by atoms with van der Waals surface area (Å²) in [4.78, 5) is 0. The molecule has 0 aliphatic carbocycles. The van der Waals surface area contributed by atoms with Gasteiger partial charge in [-0.2, -0.15) is 0 Å². The Hall–Kier alpha value is -6.48. The topological polar surface area (TPSA) is 13.1 Å². The third-order valence-corrected chi connectivity index (χ3v) is 11.9. The highest BCUT2D eigenvalue weighted by atomic mass is 32.1. The van der Waals surface area contributed by atoms with E-state index in [4.69, 9.17) is 4.42 Å². The van der Waals surface area contributed by atoms with Crippen LogP contribution in [0, 0.1) is 0 Å². The second-order valence-corrected chi connectivity index (χ2v) is 14.6. The number of rotatable bonds is 4. The van der Waals surface area contributed by atoms with Crippen LogP contribution in [0.3, 0.4) is 0 Å². The predicted molar refractivity (Wildman–Crippen MR) is 223 cm³/mol. The number of hydrogen-bond donors (Lipinski definition) is 0. The molecular weight excluding hydrogens is 649 g/mol. The van der Waals surface area contributed by atoms with Crippen molar-refractivity contribution >= 4 is 74.8 Å². The maximum Gasteiger partial charge on any atom is 0.143 e. The number of furan rings is 1. The normalized spacial score (nSPS) is 11.8. The molecule has 242 valence electrons. The zero-order chi connectivity index (χ0) is 34.2. The van der Waals surface area contributed by atoms with Crippen molar-refractivity contribution in [2.75, 3.05) is 0 Å². The quantitative estimate of drug-likeness (QED) is 0.169. The SMILES string of the molecule is c1ccc(-c2oc3cc4sc5c(-c6c7ccccc7c(-c7cccc8ccccc78)c7ccccc67)cccc5c4cc3c2-c2ccccc2)cc1. The maximum atomic E-state index is 6.77. The Morgan fingerprint density at radius 3 is 1.56 bits per heavy atom. The summed E-state index contributed by atoms with van der Waals surface area (Å²) >= 11 is 1.86. The fourth-order valence-corrected chi connectivity index (χ4v) is 9.65. The molecule has 11 rings (SSSR count). The monoisotopic (exact) mass is 678 g/mol. The molecule has 0 amide bonds. The molecule has 2 heterocycles. The molecule has 0 aliphatic heterocycles. The lowest BCUT2D eigenvalue weighted by molar-refractivity contribution is 0.633. The first-order valence-corrected chi connectivity index (χ1v) is 18.6. The molecule has 0 aliphatic rings. The number of hydrogen-bond acceptors (Lipinski definition) is 2. The van der Waals surface area contributed by atoms with Crippen molar-refractivity contribution in [3.8, 4) is 44.7 Å². The largest absolute Gasteiger partial charge is 0.455 e. The summed E-state index contributed by atoms with van der Waals surface area (Å²) in [5.74, 6) is 0.911. The molecule has 0 N–H and O–H groups in total. The van der Waals surface area contributed by atoms with E-state index >= 15 is 0 Å². The van der Waals surface area contributed by atoms with Gasteiger partial charge in [-0.15, -0.1) is 11.3 Å². The van der Waals surface area contributed by atoms with Crippen molar-refractivity contribution < 1.29 is 4.42 Å². The third kappa shape index (κ3) is 4.35. The summed E-state index contributed by atoms with van der Waals surface area (Å²) < 4.78 is 9.29. The van der Waals surface area contributed by atoms with E-state index < -0.39 is 0 Å². The van der Waals surface area contributed by atoms with Crippen molar-refractivity contribution in [3.63, 3.8) is 0 Å². The van der Waals surface area contributed by atoms with Gasteiger partial charge in [-0.3, -0.25) is 0 Å². The number of thiophene rings is 1. The zero-order valence-corrected chi connectivity index (χ0v) is 29.0. The molecular formula is C50H30OS. The lowest BCUT2D eigenvalue weighted by atomic mass is 9.84. The van der Waals surface area contributed by atoms with Gasteiger partial charge in [0.05, 0.1) is 0 Å². The van der Waals surface area contributed by atoms with E-state index in [1.165, 1.54) is 74.7 Å². The Bertz CT molecular complexity index is 3100. The van der Waals surface area contributed by atoms with Crippen molar-refractivity contribution in [2.24, 2.45) is 0 Å². The summed E-state index contributed by atoms with van der Waals surface area (Å²) in [5.41, 5.74) is 9.39. The molecule has 52 heavy (non-hydrogen) atoms. The standard InChI is InChI=1S/C50H30OS/c1-3-16-32(17-4-1)46-43-29-42-40-27-14-28-41(50(40)52-45(42)30-44(43)51-49(46)33-18-5-2-6-19-33)48-38-24-11-9-22-36(38)47(37-23-10-12-25-39(37)48)35-26-13-20-31-15-7-8-21-34(31)35/h1-30H. The second-order valence-electron chi connectivity index (χ2n) is 13.5. The van der Waals surface area contributed by atoms with Crippen molar-refractivity contribution in [1.29, 1.82) is 0 Å². The van der Waals surface area contributed by atoms with Crippen molar-refractivity contribution in [3.05, 3.63) is 182 Å². The smallest absolute Gasteiger partial charge is 0.143 e. The summed E-state index contributed by atoms with van der Waals surface area (Å²) in [6.45, 7) is 0. The van der Waals surface area contributed by atoms with Crippen LogP contribution in [0.1, 0.15) is 0 Å². The fourth-order valence-electron chi connectivity index (χ4n) is 8.42.